The van der Waals surface area contributed by atoms with Crippen LogP contribution in [-0.2, 0) is 0 Å². The van der Waals surface area contributed by atoms with Gasteiger partial charge in [-0.2, -0.15) is 0 Å². The normalized spacial score (nSPS) is 14.8. The van der Waals surface area contributed by atoms with Gasteiger partial charge in [0.05, 0.1) is 6.04 Å². The summed E-state index contributed by atoms with van der Waals surface area (Å²) < 4.78 is 25.6. The molecule has 1 unspecified atom stereocenters. The lowest BCUT2D eigenvalue weighted by Crippen LogP contribution is -2.23. The first kappa shape index (κ1) is 13.9. The van der Waals surface area contributed by atoms with E-state index in [0.717, 1.165) is 11.1 Å². The zero-order chi connectivity index (χ0) is 14.8. The lowest BCUT2D eigenvalue weighted by molar-refractivity contribution is 0.169. The fourth-order valence-electron chi connectivity index (χ4n) is 2.69. The van der Waals surface area contributed by atoms with Gasteiger partial charge in [-0.1, -0.05) is 29.8 Å². The Balaban J connectivity index is 2.10. The van der Waals surface area contributed by atoms with Gasteiger partial charge in [-0.15, -0.1) is 0 Å². The van der Waals surface area contributed by atoms with Gasteiger partial charge >= 0.3 is 0 Å². The van der Waals surface area contributed by atoms with Crippen molar-refractivity contribution >= 4 is 0 Å². The van der Waals surface area contributed by atoms with Crippen LogP contribution in [0.1, 0.15) is 22.7 Å². The van der Waals surface area contributed by atoms with Crippen LogP contribution < -0.4 is 14.8 Å². The highest BCUT2D eigenvalue weighted by Crippen LogP contribution is 2.39. The third-order valence-electron chi connectivity index (χ3n) is 3.66. The minimum atomic E-state index is -0.276. The van der Waals surface area contributed by atoms with Crippen molar-refractivity contribution in [2.75, 3.05) is 20.3 Å². The van der Waals surface area contributed by atoms with Crippen LogP contribution in [0.15, 0.2) is 36.4 Å². The Labute approximate surface area is 123 Å². The highest BCUT2D eigenvalue weighted by molar-refractivity contribution is 5.51. The molecule has 1 aliphatic heterocycles. The molecule has 1 atom stereocenters. The molecule has 2 aromatic rings. The number of ether oxygens (including phenoxy) is 2. The predicted molar refractivity (Wildman–Crippen MR) is 79.5 cm³/mol. The molecule has 2 aromatic carbocycles. The summed E-state index contributed by atoms with van der Waals surface area (Å²) in [5.74, 6) is 1.19. The Morgan fingerprint density at radius 1 is 1.10 bits per heavy atom. The van der Waals surface area contributed by atoms with Crippen LogP contribution in [0.2, 0.25) is 0 Å². The largest absolute Gasteiger partial charge is 0.486 e. The van der Waals surface area contributed by atoms with Crippen molar-refractivity contribution < 1.29 is 13.9 Å². The standard InChI is InChI=1S/C17H18FNO2/c1-11-6-7-14(18)13(10-11)16(19-2)12-4-3-5-15-17(12)21-9-8-20-15/h3-7,10,16,19H,8-9H2,1-2H3. The van der Waals surface area contributed by atoms with Crippen LogP contribution in [-0.4, -0.2) is 20.3 Å². The number of rotatable bonds is 3. The van der Waals surface area contributed by atoms with E-state index in [1.807, 2.05) is 38.2 Å². The SMILES string of the molecule is CNC(c1cc(C)ccc1F)c1cccc2c1OCCO2. The molecule has 0 fully saturated rings. The van der Waals surface area contributed by atoms with Crippen molar-refractivity contribution in [2.45, 2.75) is 13.0 Å². The Hall–Kier alpha value is -2.07. The Morgan fingerprint density at radius 2 is 1.90 bits per heavy atom. The molecule has 21 heavy (non-hydrogen) atoms. The molecule has 1 N–H and O–H groups in total. The first-order valence-electron chi connectivity index (χ1n) is 7.02. The van der Waals surface area contributed by atoms with Crippen molar-refractivity contribution in [3.63, 3.8) is 0 Å². The second-order valence-electron chi connectivity index (χ2n) is 5.12. The van der Waals surface area contributed by atoms with Crippen molar-refractivity contribution in [1.29, 1.82) is 0 Å². The van der Waals surface area contributed by atoms with E-state index in [9.17, 15) is 4.39 Å². The molecule has 1 heterocycles. The third kappa shape index (κ3) is 2.59. The van der Waals surface area contributed by atoms with Gasteiger partial charge in [0, 0.05) is 11.1 Å². The summed E-state index contributed by atoms with van der Waals surface area (Å²) in [6.07, 6.45) is 0. The van der Waals surface area contributed by atoms with Gasteiger partial charge in [-0.05, 0) is 26.1 Å². The number of nitrogens with one attached hydrogen (secondary N) is 1. The third-order valence-corrected chi connectivity index (χ3v) is 3.66. The van der Waals surface area contributed by atoms with Gasteiger partial charge in [0.2, 0.25) is 0 Å². The molecule has 0 saturated carbocycles. The van der Waals surface area contributed by atoms with Crippen LogP contribution in [0.5, 0.6) is 11.5 Å². The van der Waals surface area contributed by atoms with Crippen LogP contribution in [0.25, 0.3) is 0 Å². The second-order valence-corrected chi connectivity index (χ2v) is 5.12. The number of benzene rings is 2. The minimum Gasteiger partial charge on any atom is -0.486 e. The van der Waals surface area contributed by atoms with Crippen LogP contribution in [0.4, 0.5) is 4.39 Å². The van der Waals surface area contributed by atoms with E-state index in [-0.39, 0.29) is 11.9 Å². The predicted octanol–water partition coefficient (Wildman–Crippen LogP) is 3.21. The van der Waals surface area contributed by atoms with E-state index in [0.29, 0.717) is 30.3 Å². The molecule has 0 aromatic heterocycles. The molecular formula is C17H18FNO2. The van der Waals surface area contributed by atoms with Gasteiger partial charge < -0.3 is 14.8 Å². The van der Waals surface area contributed by atoms with Crippen LogP contribution in [0.3, 0.4) is 0 Å². The molecule has 0 saturated heterocycles. The summed E-state index contributed by atoms with van der Waals surface area (Å²) in [4.78, 5) is 0. The van der Waals surface area contributed by atoms with Crippen LogP contribution >= 0.6 is 0 Å². The zero-order valence-corrected chi connectivity index (χ0v) is 12.2. The Morgan fingerprint density at radius 3 is 2.71 bits per heavy atom. The van der Waals surface area contributed by atoms with Crippen molar-refractivity contribution in [2.24, 2.45) is 0 Å². The fraction of sp³-hybridized carbons (Fsp3) is 0.294. The number of hydrogen-bond donors (Lipinski definition) is 1. The summed E-state index contributed by atoms with van der Waals surface area (Å²) >= 11 is 0. The van der Waals surface area contributed by atoms with E-state index in [1.54, 1.807) is 6.07 Å². The molecule has 4 heteroatoms. The van der Waals surface area contributed by atoms with Crippen LogP contribution in [0, 0.1) is 12.7 Å². The Bertz CT molecular complexity index is 657. The highest BCUT2D eigenvalue weighted by Gasteiger charge is 2.24. The van der Waals surface area contributed by atoms with Gasteiger partial charge in [-0.25, -0.2) is 4.39 Å². The summed E-state index contributed by atoms with van der Waals surface area (Å²) in [7, 11) is 1.81. The lowest BCUT2D eigenvalue weighted by atomic mass is 9.95. The van der Waals surface area contributed by atoms with Crippen molar-refractivity contribution in [1.82, 2.24) is 5.32 Å². The first-order chi connectivity index (χ1) is 10.2. The number of hydrogen-bond acceptors (Lipinski definition) is 3. The average Bonchev–Trinajstić information content (AvgIpc) is 2.51. The topological polar surface area (TPSA) is 30.5 Å². The molecule has 0 aliphatic carbocycles. The molecule has 3 nitrogen and oxygen atoms in total. The van der Waals surface area contributed by atoms with Crippen molar-refractivity contribution in [3.8, 4) is 11.5 Å². The van der Waals surface area contributed by atoms with Gasteiger partial charge in [0.25, 0.3) is 0 Å². The lowest BCUT2D eigenvalue weighted by Gasteiger charge is -2.25. The molecule has 0 bridgehead atoms. The summed E-state index contributed by atoms with van der Waals surface area (Å²) in [6, 6.07) is 10.6. The smallest absolute Gasteiger partial charge is 0.166 e. The number of para-hydroxylation sites is 1. The summed E-state index contributed by atoms with van der Waals surface area (Å²) in [6.45, 7) is 3.01. The van der Waals surface area contributed by atoms with E-state index < -0.39 is 0 Å². The van der Waals surface area contributed by atoms with E-state index in [2.05, 4.69) is 5.32 Å². The first-order valence-corrected chi connectivity index (χ1v) is 7.02. The highest BCUT2D eigenvalue weighted by atomic mass is 19.1. The van der Waals surface area contributed by atoms with Gasteiger partial charge in [-0.3, -0.25) is 0 Å². The molecule has 0 radical (unpaired) electrons. The maximum atomic E-state index is 14.2. The molecule has 0 amide bonds. The maximum absolute atomic E-state index is 14.2. The van der Waals surface area contributed by atoms with E-state index in [4.69, 9.17) is 9.47 Å². The number of aryl methyl sites for hydroxylation is 1. The maximum Gasteiger partial charge on any atom is 0.166 e. The number of halogens is 1. The average molecular weight is 287 g/mol. The van der Waals surface area contributed by atoms with E-state index >= 15 is 0 Å². The minimum absolute atomic E-state index is 0.228. The van der Waals surface area contributed by atoms with Gasteiger partial charge in [0.15, 0.2) is 11.5 Å². The monoisotopic (exact) mass is 287 g/mol. The number of fused-ring (bicyclic) bond motifs is 1. The zero-order valence-electron chi connectivity index (χ0n) is 12.2. The quantitative estimate of drug-likeness (QED) is 0.940. The second kappa shape index (κ2) is 5.74. The Kier molecular flexibility index (Phi) is 3.80. The van der Waals surface area contributed by atoms with E-state index in [1.165, 1.54) is 6.07 Å². The molecular weight excluding hydrogens is 269 g/mol. The molecule has 0 spiro atoms. The summed E-state index contributed by atoms with van der Waals surface area (Å²) in [5.41, 5.74) is 2.52. The van der Waals surface area contributed by atoms with Gasteiger partial charge in [0.1, 0.15) is 19.0 Å². The molecule has 1 aliphatic rings. The molecule has 110 valence electrons. The molecule has 3 rings (SSSR count). The summed E-state index contributed by atoms with van der Waals surface area (Å²) in [5, 5.41) is 3.18. The van der Waals surface area contributed by atoms with Crippen molar-refractivity contribution in [3.05, 3.63) is 58.9 Å². The fourth-order valence-corrected chi connectivity index (χ4v) is 2.69.